The van der Waals surface area contributed by atoms with Crippen LogP contribution in [0.4, 0.5) is 4.39 Å². The molecule has 2 amide bonds. The summed E-state index contributed by atoms with van der Waals surface area (Å²) in [4.78, 5) is 32.2. The molecule has 170 valence electrons. The number of carbonyl (C=O) groups excluding carboxylic acids is 2. The Hall–Kier alpha value is -4.01. The molecule has 1 aromatic carbocycles. The Bertz CT molecular complexity index is 1300. The average Bonchev–Trinajstić information content (AvgIpc) is 3.44. The zero-order chi connectivity index (χ0) is 23.5. The Morgan fingerprint density at radius 2 is 1.97 bits per heavy atom. The molecular formula is C24H24FN5O3. The fraction of sp³-hybridized carbons (Fsp3) is 0.250. The number of likely N-dealkylation sites (N-methyl/N-ethyl adjacent to an activating group) is 1. The molecule has 0 aliphatic carbocycles. The molecule has 0 aliphatic heterocycles. The van der Waals surface area contributed by atoms with Gasteiger partial charge in [-0.1, -0.05) is 12.1 Å². The largest absolute Gasteiger partial charge is 0.463 e. The highest BCUT2D eigenvalue weighted by Crippen LogP contribution is 2.28. The molecule has 8 nitrogen and oxygen atoms in total. The summed E-state index contributed by atoms with van der Waals surface area (Å²) in [5.41, 5.74) is 2.91. The first-order valence-corrected chi connectivity index (χ1v) is 10.6. The molecule has 0 atom stereocenters. The van der Waals surface area contributed by atoms with Gasteiger partial charge in [0.05, 0.1) is 29.5 Å². The van der Waals surface area contributed by atoms with Gasteiger partial charge in [-0.05, 0) is 49.7 Å². The SMILES string of the molecule is CCN(CC(=O)NCc1ccc(F)cc1)C(=O)c1cc(-c2ccco2)nc2c1c(C)nn2C. The molecule has 0 aliphatic rings. The molecule has 0 unspecified atom stereocenters. The van der Waals surface area contributed by atoms with Gasteiger partial charge in [0.1, 0.15) is 11.5 Å². The number of carbonyl (C=O) groups is 2. The highest BCUT2D eigenvalue weighted by molar-refractivity contribution is 6.08. The lowest BCUT2D eigenvalue weighted by molar-refractivity contribution is -0.121. The van der Waals surface area contributed by atoms with E-state index in [1.165, 1.54) is 17.0 Å². The second-order valence-electron chi connectivity index (χ2n) is 7.66. The predicted molar refractivity (Wildman–Crippen MR) is 121 cm³/mol. The fourth-order valence-electron chi connectivity index (χ4n) is 3.69. The van der Waals surface area contributed by atoms with Gasteiger partial charge in [0.25, 0.3) is 5.91 Å². The number of aromatic nitrogens is 3. The number of nitrogens with zero attached hydrogens (tertiary/aromatic N) is 4. The molecule has 3 aromatic heterocycles. The predicted octanol–water partition coefficient (Wildman–Crippen LogP) is 3.45. The Morgan fingerprint density at radius 1 is 1.21 bits per heavy atom. The minimum absolute atomic E-state index is 0.115. The van der Waals surface area contributed by atoms with Crippen molar-refractivity contribution in [2.45, 2.75) is 20.4 Å². The molecule has 0 radical (unpaired) electrons. The summed E-state index contributed by atoms with van der Waals surface area (Å²) < 4.78 is 20.2. The maximum absolute atomic E-state index is 13.5. The van der Waals surface area contributed by atoms with Crippen molar-refractivity contribution in [3.05, 3.63) is 71.4 Å². The number of benzene rings is 1. The Morgan fingerprint density at radius 3 is 2.64 bits per heavy atom. The van der Waals surface area contributed by atoms with Crippen LogP contribution >= 0.6 is 0 Å². The van der Waals surface area contributed by atoms with E-state index in [1.54, 1.807) is 48.3 Å². The van der Waals surface area contributed by atoms with Crippen molar-refractivity contribution in [3.63, 3.8) is 0 Å². The molecule has 1 N–H and O–H groups in total. The summed E-state index contributed by atoms with van der Waals surface area (Å²) in [6.45, 7) is 4.10. The molecule has 0 saturated heterocycles. The minimum Gasteiger partial charge on any atom is -0.463 e. The van der Waals surface area contributed by atoms with E-state index in [9.17, 15) is 14.0 Å². The Kier molecular flexibility index (Phi) is 6.21. The fourth-order valence-corrected chi connectivity index (χ4v) is 3.69. The van der Waals surface area contributed by atoms with E-state index in [0.29, 0.717) is 40.3 Å². The van der Waals surface area contributed by atoms with Gasteiger partial charge in [0, 0.05) is 20.1 Å². The standard InChI is InChI=1S/C24H24FN5O3/c1-4-30(14-21(31)26-13-16-7-9-17(25)10-8-16)24(32)18-12-19(20-6-5-11-33-20)27-23-22(18)15(2)28-29(23)3/h5-12H,4,13-14H2,1-3H3,(H,26,31). The number of amides is 2. The van der Waals surface area contributed by atoms with Crippen LogP contribution in [0.2, 0.25) is 0 Å². The van der Waals surface area contributed by atoms with Gasteiger partial charge in [-0.2, -0.15) is 5.10 Å². The van der Waals surface area contributed by atoms with Gasteiger partial charge < -0.3 is 14.6 Å². The lowest BCUT2D eigenvalue weighted by atomic mass is 10.1. The lowest BCUT2D eigenvalue weighted by Crippen LogP contribution is -2.40. The second-order valence-corrected chi connectivity index (χ2v) is 7.66. The summed E-state index contributed by atoms with van der Waals surface area (Å²) >= 11 is 0. The van der Waals surface area contributed by atoms with Crippen molar-refractivity contribution in [1.82, 2.24) is 25.0 Å². The second kappa shape index (κ2) is 9.23. The first kappa shape index (κ1) is 22.2. The third-order valence-electron chi connectivity index (χ3n) is 5.38. The third kappa shape index (κ3) is 4.62. The normalized spacial score (nSPS) is 11.0. The van der Waals surface area contributed by atoms with Gasteiger partial charge in [-0.15, -0.1) is 0 Å². The number of halogens is 1. The van der Waals surface area contributed by atoms with Crippen molar-refractivity contribution < 1.29 is 18.4 Å². The van der Waals surface area contributed by atoms with Crippen molar-refractivity contribution in [1.29, 1.82) is 0 Å². The van der Waals surface area contributed by atoms with E-state index >= 15 is 0 Å². The monoisotopic (exact) mass is 449 g/mol. The van der Waals surface area contributed by atoms with Crippen LogP contribution in [0.5, 0.6) is 0 Å². The van der Waals surface area contributed by atoms with Crippen LogP contribution in [0, 0.1) is 12.7 Å². The van der Waals surface area contributed by atoms with E-state index < -0.39 is 0 Å². The summed E-state index contributed by atoms with van der Waals surface area (Å²) in [6, 6.07) is 11.1. The molecule has 0 saturated carbocycles. The number of fused-ring (bicyclic) bond motifs is 1. The zero-order valence-corrected chi connectivity index (χ0v) is 18.6. The highest BCUT2D eigenvalue weighted by Gasteiger charge is 2.24. The lowest BCUT2D eigenvalue weighted by Gasteiger charge is -2.21. The number of hydrogen-bond acceptors (Lipinski definition) is 5. The first-order valence-electron chi connectivity index (χ1n) is 10.6. The van der Waals surface area contributed by atoms with E-state index in [-0.39, 0.29) is 30.7 Å². The average molecular weight is 449 g/mol. The molecule has 0 fully saturated rings. The Labute approximate surface area is 190 Å². The van der Waals surface area contributed by atoms with Crippen LogP contribution in [0.25, 0.3) is 22.5 Å². The molecule has 4 aromatic rings. The number of rotatable bonds is 7. The Balaban J connectivity index is 1.59. The molecule has 0 spiro atoms. The van der Waals surface area contributed by atoms with E-state index in [1.807, 2.05) is 13.8 Å². The van der Waals surface area contributed by atoms with Crippen molar-refractivity contribution in [2.24, 2.45) is 7.05 Å². The van der Waals surface area contributed by atoms with Crippen LogP contribution in [-0.2, 0) is 18.4 Å². The summed E-state index contributed by atoms with van der Waals surface area (Å²) in [6.07, 6.45) is 1.54. The van der Waals surface area contributed by atoms with Crippen molar-refractivity contribution >= 4 is 22.8 Å². The summed E-state index contributed by atoms with van der Waals surface area (Å²) in [5.74, 6) is -0.416. The maximum atomic E-state index is 13.5. The van der Waals surface area contributed by atoms with Gasteiger partial charge in [0.15, 0.2) is 11.4 Å². The molecule has 4 rings (SSSR count). The minimum atomic E-state index is -0.337. The molecule has 9 heteroatoms. The van der Waals surface area contributed by atoms with Crippen LogP contribution in [-0.4, -0.2) is 44.6 Å². The van der Waals surface area contributed by atoms with Gasteiger partial charge in [-0.25, -0.2) is 9.37 Å². The number of pyridine rings is 1. The molecule has 0 bridgehead atoms. The van der Waals surface area contributed by atoms with Crippen LogP contribution in [0.1, 0.15) is 28.5 Å². The summed E-state index contributed by atoms with van der Waals surface area (Å²) in [7, 11) is 1.77. The van der Waals surface area contributed by atoms with E-state index in [2.05, 4.69) is 15.4 Å². The maximum Gasteiger partial charge on any atom is 0.255 e. The molecule has 33 heavy (non-hydrogen) atoms. The zero-order valence-electron chi connectivity index (χ0n) is 18.6. The van der Waals surface area contributed by atoms with Crippen LogP contribution < -0.4 is 5.32 Å². The number of nitrogens with one attached hydrogen (secondary N) is 1. The highest BCUT2D eigenvalue weighted by atomic mass is 19.1. The smallest absolute Gasteiger partial charge is 0.255 e. The van der Waals surface area contributed by atoms with E-state index in [4.69, 9.17) is 4.42 Å². The van der Waals surface area contributed by atoms with Crippen LogP contribution in [0.3, 0.4) is 0 Å². The molecular weight excluding hydrogens is 425 g/mol. The van der Waals surface area contributed by atoms with Gasteiger partial charge in [0.2, 0.25) is 5.91 Å². The molecule has 3 heterocycles. The quantitative estimate of drug-likeness (QED) is 0.466. The topological polar surface area (TPSA) is 93.3 Å². The summed E-state index contributed by atoms with van der Waals surface area (Å²) in [5, 5.41) is 7.84. The van der Waals surface area contributed by atoms with Gasteiger partial charge in [-0.3, -0.25) is 14.3 Å². The number of furan rings is 1. The first-order chi connectivity index (χ1) is 15.9. The third-order valence-corrected chi connectivity index (χ3v) is 5.38. The van der Waals surface area contributed by atoms with Crippen molar-refractivity contribution in [3.8, 4) is 11.5 Å². The number of hydrogen-bond donors (Lipinski definition) is 1. The van der Waals surface area contributed by atoms with Crippen LogP contribution in [0.15, 0.2) is 53.1 Å². The van der Waals surface area contributed by atoms with Crippen molar-refractivity contribution in [2.75, 3.05) is 13.1 Å². The number of aryl methyl sites for hydroxylation is 2. The van der Waals surface area contributed by atoms with Gasteiger partial charge >= 0.3 is 0 Å². The van der Waals surface area contributed by atoms with E-state index in [0.717, 1.165) is 5.56 Å².